The van der Waals surface area contributed by atoms with E-state index in [1.807, 2.05) is 6.92 Å². The van der Waals surface area contributed by atoms with Crippen LogP contribution in [-0.4, -0.2) is 34.2 Å². The van der Waals surface area contributed by atoms with Gasteiger partial charge in [0.15, 0.2) is 0 Å². The van der Waals surface area contributed by atoms with Crippen LogP contribution in [0, 0.1) is 5.92 Å². The van der Waals surface area contributed by atoms with E-state index >= 15 is 0 Å². The molecule has 0 fully saturated rings. The fraction of sp³-hybridized carbons (Fsp3) is 0.667. The molecule has 2 N–H and O–H groups in total. The fourth-order valence-electron chi connectivity index (χ4n) is 1.98. The number of carbonyl (C=O) groups is 1. The van der Waals surface area contributed by atoms with Gasteiger partial charge < -0.3 is 15.2 Å². The van der Waals surface area contributed by atoms with Gasteiger partial charge in [0.05, 0.1) is 6.61 Å². The number of carboxylic acid groups (broad SMARTS) is 1. The lowest BCUT2D eigenvalue weighted by Gasteiger charge is -2.14. The number of aromatic nitrogens is 2. The van der Waals surface area contributed by atoms with Crippen LogP contribution in [0.3, 0.4) is 0 Å². The molecular weight excluding hydrogens is 270 g/mol. The van der Waals surface area contributed by atoms with E-state index in [0.29, 0.717) is 30.8 Å². The number of aliphatic carboxylic acids is 1. The van der Waals surface area contributed by atoms with E-state index in [1.54, 1.807) is 12.3 Å². The number of nitrogens with one attached hydrogen (secondary N) is 1. The molecule has 0 aliphatic carbocycles. The molecule has 21 heavy (non-hydrogen) atoms. The smallest absolute Gasteiger partial charge is 0.303 e. The van der Waals surface area contributed by atoms with Gasteiger partial charge in [-0.2, -0.15) is 4.98 Å². The van der Waals surface area contributed by atoms with E-state index in [0.717, 1.165) is 25.8 Å². The van der Waals surface area contributed by atoms with Crippen LogP contribution in [0.4, 0.5) is 5.95 Å². The number of carboxylic acids is 1. The van der Waals surface area contributed by atoms with E-state index in [9.17, 15) is 4.79 Å². The van der Waals surface area contributed by atoms with Crippen LogP contribution in [-0.2, 0) is 4.79 Å². The average Bonchev–Trinajstić information content (AvgIpc) is 2.49. The quantitative estimate of drug-likeness (QED) is 0.653. The molecule has 0 amide bonds. The molecule has 0 aromatic carbocycles. The largest absolute Gasteiger partial charge is 0.481 e. The molecule has 0 bridgehead atoms. The molecule has 6 nitrogen and oxygen atoms in total. The zero-order valence-corrected chi connectivity index (χ0v) is 12.8. The molecule has 0 aliphatic rings. The van der Waals surface area contributed by atoms with Crippen molar-refractivity contribution in [3.63, 3.8) is 0 Å². The van der Waals surface area contributed by atoms with Crippen LogP contribution in [0.1, 0.15) is 46.0 Å². The van der Waals surface area contributed by atoms with Crippen molar-refractivity contribution in [1.29, 1.82) is 0 Å². The highest BCUT2D eigenvalue weighted by Crippen LogP contribution is 2.16. The van der Waals surface area contributed by atoms with Crippen molar-refractivity contribution in [3.05, 3.63) is 12.3 Å². The third-order valence-electron chi connectivity index (χ3n) is 3.26. The lowest BCUT2D eigenvalue weighted by Crippen LogP contribution is -2.12. The SMILES string of the molecule is CCCOc1ccnc(NCCC(CC)CCC(=O)O)n1. The molecule has 1 rings (SSSR count). The summed E-state index contributed by atoms with van der Waals surface area (Å²) in [6.07, 6.45) is 5.45. The second kappa shape index (κ2) is 9.96. The van der Waals surface area contributed by atoms with Gasteiger partial charge in [0.1, 0.15) is 0 Å². The number of nitrogens with zero attached hydrogens (tertiary/aromatic N) is 2. The predicted octanol–water partition coefficient (Wildman–Crippen LogP) is 2.96. The normalized spacial score (nSPS) is 11.9. The van der Waals surface area contributed by atoms with E-state index in [-0.39, 0.29) is 6.42 Å². The van der Waals surface area contributed by atoms with Gasteiger partial charge in [-0.05, 0) is 25.2 Å². The molecule has 0 saturated carbocycles. The van der Waals surface area contributed by atoms with Crippen molar-refractivity contribution in [2.45, 2.75) is 46.0 Å². The van der Waals surface area contributed by atoms with Gasteiger partial charge in [-0.3, -0.25) is 4.79 Å². The summed E-state index contributed by atoms with van der Waals surface area (Å²) < 4.78 is 5.45. The highest BCUT2D eigenvalue weighted by Gasteiger charge is 2.09. The van der Waals surface area contributed by atoms with Crippen molar-refractivity contribution >= 4 is 11.9 Å². The highest BCUT2D eigenvalue weighted by atomic mass is 16.5. The standard InChI is InChI=1S/C15H25N3O3/c1-3-11-21-13-8-10-17-15(18-13)16-9-7-12(4-2)5-6-14(19)20/h8,10,12H,3-7,9,11H2,1-2H3,(H,19,20)(H,16,17,18). The van der Waals surface area contributed by atoms with Crippen LogP contribution in [0.25, 0.3) is 0 Å². The van der Waals surface area contributed by atoms with Gasteiger partial charge in [0.2, 0.25) is 11.8 Å². The Morgan fingerprint density at radius 1 is 1.43 bits per heavy atom. The van der Waals surface area contributed by atoms with Crippen molar-refractivity contribution in [3.8, 4) is 5.88 Å². The first-order valence-corrected chi connectivity index (χ1v) is 7.57. The van der Waals surface area contributed by atoms with Gasteiger partial charge >= 0.3 is 5.97 Å². The molecule has 0 spiro atoms. The lowest BCUT2D eigenvalue weighted by molar-refractivity contribution is -0.137. The minimum atomic E-state index is -0.731. The maximum absolute atomic E-state index is 10.6. The minimum absolute atomic E-state index is 0.231. The van der Waals surface area contributed by atoms with Crippen LogP contribution in [0.15, 0.2) is 12.3 Å². The Bertz CT molecular complexity index is 426. The minimum Gasteiger partial charge on any atom is -0.481 e. The molecule has 1 heterocycles. The van der Waals surface area contributed by atoms with Crippen LogP contribution < -0.4 is 10.1 Å². The molecule has 0 aliphatic heterocycles. The van der Waals surface area contributed by atoms with Gasteiger partial charge in [-0.25, -0.2) is 4.98 Å². The third-order valence-corrected chi connectivity index (χ3v) is 3.26. The zero-order chi connectivity index (χ0) is 15.5. The Labute approximate surface area is 126 Å². The van der Waals surface area contributed by atoms with E-state index in [2.05, 4.69) is 22.2 Å². The molecular formula is C15H25N3O3. The van der Waals surface area contributed by atoms with E-state index < -0.39 is 5.97 Å². The second-order valence-electron chi connectivity index (χ2n) is 4.99. The zero-order valence-electron chi connectivity index (χ0n) is 12.8. The molecule has 0 radical (unpaired) electrons. The molecule has 6 heteroatoms. The summed E-state index contributed by atoms with van der Waals surface area (Å²) in [6, 6.07) is 1.74. The molecule has 1 atom stereocenters. The summed E-state index contributed by atoms with van der Waals surface area (Å²) in [7, 11) is 0. The van der Waals surface area contributed by atoms with Crippen LogP contribution in [0.5, 0.6) is 5.88 Å². The topological polar surface area (TPSA) is 84.3 Å². The average molecular weight is 295 g/mol. The maximum Gasteiger partial charge on any atom is 0.303 e. The molecule has 0 saturated heterocycles. The Morgan fingerprint density at radius 3 is 2.90 bits per heavy atom. The summed E-state index contributed by atoms with van der Waals surface area (Å²) in [5.41, 5.74) is 0. The van der Waals surface area contributed by atoms with E-state index in [1.165, 1.54) is 0 Å². The summed E-state index contributed by atoms with van der Waals surface area (Å²) in [4.78, 5) is 19.0. The summed E-state index contributed by atoms with van der Waals surface area (Å²) in [5.74, 6) is 0.808. The van der Waals surface area contributed by atoms with Crippen molar-refractivity contribution in [1.82, 2.24) is 9.97 Å². The van der Waals surface area contributed by atoms with Gasteiger partial charge in [0.25, 0.3) is 0 Å². The Hall–Kier alpha value is -1.85. The molecule has 1 unspecified atom stereocenters. The van der Waals surface area contributed by atoms with Gasteiger partial charge in [-0.15, -0.1) is 0 Å². The number of hydrogen-bond acceptors (Lipinski definition) is 5. The third kappa shape index (κ3) is 7.48. The first-order valence-electron chi connectivity index (χ1n) is 7.57. The van der Waals surface area contributed by atoms with Crippen molar-refractivity contribution in [2.24, 2.45) is 5.92 Å². The van der Waals surface area contributed by atoms with Gasteiger partial charge in [0, 0.05) is 25.2 Å². The predicted molar refractivity (Wildman–Crippen MR) is 81.6 cm³/mol. The Kier molecular flexibility index (Phi) is 8.16. The number of rotatable bonds is 11. The monoisotopic (exact) mass is 295 g/mol. The highest BCUT2D eigenvalue weighted by molar-refractivity contribution is 5.66. The van der Waals surface area contributed by atoms with E-state index in [4.69, 9.17) is 9.84 Å². The van der Waals surface area contributed by atoms with Crippen molar-refractivity contribution in [2.75, 3.05) is 18.5 Å². The van der Waals surface area contributed by atoms with Crippen molar-refractivity contribution < 1.29 is 14.6 Å². The molecule has 1 aromatic rings. The van der Waals surface area contributed by atoms with Crippen LogP contribution in [0.2, 0.25) is 0 Å². The molecule has 118 valence electrons. The van der Waals surface area contributed by atoms with Crippen LogP contribution >= 0.6 is 0 Å². The first kappa shape index (κ1) is 17.2. The first-order chi connectivity index (χ1) is 10.2. The second-order valence-corrected chi connectivity index (χ2v) is 4.99. The molecule has 1 aromatic heterocycles. The summed E-state index contributed by atoms with van der Waals surface area (Å²) in [5, 5.41) is 11.9. The Balaban J connectivity index is 2.34. The lowest BCUT2D eigenvalue weighted by atomic mass is 9.97. The fourth-order valence-corrected chi connectivity index (χ4v) is 1.98. The number of ether oxygens (including phenoxy) is 1. The Morgan fingerprint density at radius 2 is 2.24 bits per heavy atom. The summed E-state index contributed by atoms with van der Waals surface area (Å²) in [6.45, 7) is 5.50. The van der Waals surface area contributed by atoms with Gasteiger partial charge in [-0.1, -0.05) is 20.3 Å². The summed E-state index contributed by atoms with van der Waals surface area (Å²) >= 11 is 0. The maximum atomic E-state index is 10.6. The number of hydrogen-bond donors (Lipinski definition) is 2. The number of anilines is 1.